The molecule has 2 aromatic rings. The zero-order chi connectivity index (χ0) is 25.1. The van der Waals surface area contributed by atoms with Gasteiger partial charge in [0.05, 0.1) is 25.9 Å². The first-order valence-corrected chi connectivity index (χ1v) is 12.4. The molecular formula is C26H28FN3O6. The monoisotopic (exact) mass is 497 g/mol. The van der Waals surface area contributed by atoms with Crippen LogP contribution in [0.3, 0.4) is 0 Å². The van der Waals surface area contributed by atoms with Crippen molar-refractivity contribution in [1.82, 2.24) is 14.8 Å². The fraction of sp³-hybridized carbons (Fsp3) is 0.500. The van der Waals surface area contributed by atoms with Gasteiger partial charge in [-0.25, -0.2) is 4.39 Å². The van der Waals surface area contributed by atoms with Crippen LogP contribution >= 0.6 is 0 Å². The minimum atomic E-state index is -0.656. The van der Waals surface area contributed by atoms with Crippen LogP contribution in [-0.4, -0.2) is 52.9 Å². The van der Waals surface area contributed by atoms with E-state index in [1.165, 1.54) is 25.4 Å². The fourth-order valence-electron chi connectivity index (χ4n) is 5.65. The molecule has 4 atom stereocenters. The zero-order valence-corrected chi connectivity index (χ0v) is 20.2. The number of nitrogens with zero attached hydrogens (tertiary/aromatic N) is 2. The summed E-state index contributed by atoms with van der Waals surface area (Å²) in [5, 5.41) is 2.73. The summed E-state index contributed by atoms with van der Waals surface area (Å²) in [4.78, 5) is 41.6. The van der Waals surface area contributed by atoms with Gasteiger partial charge in [-0.1, -0.05) is 13.0 Å². The van der Waals surface area contributed by atoms with Crippen molar-refractivity contribution in [3.05, 3.63) is 57.3 Å². The first kappa shape index (κ1) is 23.0. The van der Waals surface area contributed by atoms with Crippen LogP contribution in [0, 0.1) is 11.7 Å². The Balaban J connectivity index is 1.28. The van der Waals surface area contributed by atoms with Gasteiger partial charge in [0.2, 0.25) is 5.43 Å². The van der Waals surface area contributed by atoms with Crippen molar-refractivity contribution in [1.29, 1.82) is 0 Å². The van der Waals surface area contributed by atoms with Crippen molar-refractivity contribution in [3.63, 3.8) is 0 Å². The molecule has 190 valence electrons. The summed E-state index contributed by atoms with van der Waals surface area (Å²) in [5.74, 6) is -0.925. The number of hydrogen-bond acceptors (Lipinski definition) is 6. The Hall–Kier alpha value is -3.40. The van der Waals surface area contributed by atoms with Gasteiger partial charge in [-0.15, -0.1) is 0 Å². The van der Waals surface area contributed by atoms with Crippen molar-refractivity contribution in [2.45, 2.75) is 70.2 Å². The first-order valence-electron chi connectivity index (χ1n) is 12.4. The topological polar surface area (TPSA) is 99.1 Å². The van der Waals surface area contributed by atoms with Gasteiger partial charge < -0.3 is 29.0 Å². The summed E-state index contributed by atoms with van der Waals surface area (Å²) in [6, 6.07) is 4.21. The van der Waals surface area contributed by atoms with Crippen molar-refractivity contribution in [2.24, 2.45) is 5.92 Å². The number of pyridine rings is 1. The number of ether oxygens (including phenoxy) is 3. The number of hydrogen-bond donors (Lipinski definition) is 1. The quantitative estimate of drug-likeness (QED) is 0.658. The van der Waals surface area contributed by atoms with Gasteiger partial charge in [0.25, 0.3) is 11.8 Å². The van der Waals surface area contributed by atoms with Crippen molar-refractivity contribution >= 4 is 11.8 Å². The molecule has 2 amide bonds. The SMILES string of the molecule is COc1c2n(cc(C(=O)NCc3ccc(F)cc3OC3CC3)c1=O)C[C@@H]1O[C@H]3CC[C@H]([C@H]3C)N1C2=O. The van der Waals surface area contributed by atoms with Gasteiger partial charge in [0.15, 0.2) is 17.7 Å². The molecule has 6 rings (SSSR count). The summed E-state index contributed by atoms with van der Waals surface area (Å²) in [7, 11) is 1.32. The minimum absolute atomic E-state index is 0.0460. The van der Waals surface area contributed by atoms with E-state index < -0.39 is 23.4 Å². The normalized spacial score (nSPS) is 26.3. The van der Waals surface area contributed by atoms with Gasteiger partial charge in [-0.3, -0.25) is 14.4 Å². The van der Waals surface area contributed by atoms with Crippen LogP contribution in [0.1, 0.15) is 59.0 Å². The van der Waals surface area contributed by atoms with E-state index in [0.29, 0.717) is 17.9 Å². The molecule has 0 radical (unpaired) electrons. The van der Waals surface area contributed by atoms with E-state index in [-0.39, 0.29) is 53.6 Å². The largest absolute Gasteiger partial charge is 0.491 e. The van der Waals surface area contributed by atoms with E-state index in [1.807, 2.05) is 0 Å². The van der Waals surface area contributed by atoms with Gasteiger partial charge in [0.1, 0.15) is 17.1 Å². The number of carbonyl (C=O) groups is 2. The standard InChI is InChI=1S/C26H28FN3O6/c1-13-18-7-8-19(13)36-21-12-29-11-17(23(31)24(34-2)22(29)26(33)30(18)21)25(32)28-10-14-3-4-15(27)9-20(14)35-16-5-6-16/h3-4,9,11,13,16,18-19,21H,5-8,10,12H2,1-2H3,(H,28,32)/t13-,18-,19+,21+/m1/s1. The second-order valence-corrected chi connectivity index (χ2v) is 10.0. The van der Waals surface area contributed by atoms with E-state index in [1.54, 1.807) is 15.5 Å². The molecule has 2 bridgehead atoms. The van der Waals surface area contributed by atoms with E-state index in [4.69, 9.17) is 14.2 Å². The molecule has 0 unspecified atom stereocenters. The Morgan fingerprint density at radius 1 is 1.22 bits per heavy atom. The second-order valence-electron chi connectivity index (χ2n) is 10.0. The zero-order valence-electron chi connectivity index (χ0n) is 20.2. The summed E-state index contributed by atoms with van der Waals surface area (Å²) in [6.45, 7) is 2.43. The maximum absolute atomic E-state index is 13.7. The fourth-order valence-corrected chi connectivity index (χ4v) is 5.65. The molecular weight excluding hydrogens is 469 g/mol. The van der Waals surface area contributed by atoms with Crippen LogP contribution in [0.25, 0.3) is 0 Å². The van der Waals surface area contributed by atoms with Crippen LogP contribution in [0.4, 0.5) is 4.39 Å². The smallest absolute Gasteiger partial charge is 0.276 e. The van der Waals surface area contributed by atoms with Crippen molar-refractivity contribution in [2.75, 3.05) is 7.11 Å². The number of aromatic nitrogens is 1. The first-order chi connectivity index (χ1) is 17.4. The maximum Gasteiger partial charge on any atom is 0.276 e. The third kappa shape index (κ3) is 3.75. The molecule has 1 aromatic carbocycles. The molecule has 10 heteroatoms. The Morgan fingerprint density at radius 2 is 2.03 bits per heavy atom. The summed E-state index contributed by atoms with van der Waals surface area (Å²) in [5.41, 5.74) is -0.0598. The predicted molar refractivity (Wildman–Crippen MR) is 125 cm³/mol. The highest BCUT2D eigenvalue weighted by molar-refractivity contribution is 5.99. The predicted octanol–water partition coefficient (Wildman–Crippen LogP) is 2.45. The molecule has 3 heterocycles. The molecule has 3 fully saturated rings. The van der Waals surface area contributed by atoms with E-state index in [9.17, 15) is 18.8 Å². The molecule has 2 saturated carbocycles. The van der Waals surface area contributed by atoms with Crippen LogP contribution in [-0.2, 0) is 17.8 Å². The van der Waals surface area contributed by atoms with Crippen LogP contribution in [0.15, 0.2) is 29.2 Å². The summed E-state index contributed by atoms with van der Waals surface area (Å²) >= 11 is 0. The molecule has 1 aromatic heterocycles. The Bertz CT molecular complexity index is 1310. The highest BCUT2D eigenvalue weighted by atomic mass is 19.1. The van der Waals surface area contributed by atoms with E-state index >= 15 is 0 Å². The Morgan fingerprint density at radius 3 is 2.78 bits per heavy atom. The Kier molecular flexibility index (Phi) is 5.51. The van der Waals surface area contributed by atoms with E-state index in [2.05, 4.69) is 12.2 Å². The number of halogens is 1. The number of carbonyl (C=O) groups excluding carboxylic acids is 2. The van der Waals surface area contributed by atoms with Gasteiger partial charge in [-0.05, 0) is 31.7 Å². The lowest BCUT2D eigenvalue weighted by molar-refractivity contribution is -0.155. The average molecular weight is 498 g/mol. The molecule has 36 heavy (non-hydrogen) atoms. The lowest BCUT2D eigenvalue weighted by Crippen LogP contribution is -2.60. The Labute approximate surface area is 207 Å². The number of methoxy groups -OCH3 is 1. The maximum atomic E-state index is 13.7. The number of amides is 2. The third-order valence-corrected chi connectivity index (χ3v) is 7.70. The number of nitrogens with one attached hydrogen (secondary N) is 1. The van der Waals surface area contributed by atoms with Crippen LogP contribution in [0.5, 0.6) is 11.5 Å². The van der Waals surface area contributed by atoms with Crippen LogP contribution < -0.4 is 20.2 Å². The molecule has 2 aliphatic carbocycles. The molecule has 9 nitrogen and oxygen atoms in total. The average Bonchev–Trinajstić information content (AvgIpc) is 3.63. The number of fused-ring (bicyclic) bond motifs is 5. The van der Waals surface area contributed by atoms with E-state index in [0.717, 1.165) is 25.7 Å². The second kappa shape index (κ2) is 8.62. The third-order valence-electron chi connectivity index (χ3n) is 7.70. The number of benzene rings is 1. The van der Waals surface area contributed by atoms with Gasteiger partial charge >= 0.3 is 0 Å². The molecule has 1 saturated heterocycles. The highest BCUT2D eigenvalue weighted by Crippen LogP contribution is 2.42. The highest BCUT2D eigenvalue weighted by Gasteiger charge is 2.51. The molecule has 0 spiro atoms. The molecule has 1 N–H and O–H groups in total. The lowest BCUT2D eigenvalue weighted by atomic mass is 9.98. The minimum Gasteiger partial charge on any atom is -0.491 e. The van der Waals surface area contributed by atoms with Crippen LogP contribution in [0.2, 0.25) is 0 Å². The summed E-state index contributed by atoms with van der Waals surface area (Å²) in [6.07, 6.45) is 4.68. The van der Waals surface area contributed by atoms with Crippen molar-refractivity contribution < 1.29 is 28.2 Å². The molecule has 2 aliphatic heterocycles. The lowest BCUT2D eigenvalue weighted by Gasteiger charge is -2.47. The van der Waals surface area contributed by atoms with Crippen molar-refractivity contribution in [3.8, 4) is 11.5 Å². The van der Waals surface area contributed by atoms with Gasteiger partial charge in [0, 0.05) is 36.3 Å². The van der Waals surface area contributed by atoms with Gasteiger partial charge in [-0.2, -0.15) is 0 Å². The summed E-state index contributed by atoms with van der Waals surface area (Å²) < 4.78 is 32.7. The molecule has 4 aliphatic rings. The number of rotatable bonds is 6.